The molecule has 11 heavy (non-hydrogen) atoms. The molecule has 0 saturated carbocycles. The Labute approximate surface area is 67.7 Å². The summed E-state index contributed by atoms with van der Waals surface area (Å²) in [5, 5.41) is 7.49. The van der Waals surface area contributed by atoms with Crippen molar-refractivity contribution in [3.8, 4) is 0 Å². The molecule has 2 heteroatoms. The Balaban J connectivity index is 2.92. The average Bonchev–Trinajstić information content (AvgIpc) is 2.17. The van der Waals surface area contributed by atoms with Gasteiger partial charge in [-0.3, -0.25) is 5.41 Å². The zero-order valence-electron chi connectivity index (χ0n) is 7.31. The molecule has 1 rings (SSSR count). The summed E-state index contributed by atoms with van der Waals surface area (Å²) in [5.41, 5.74) is 2.52. The van der Waals surface area contributed by atoms with E-state index in [1.807, 2.05) is 18.0 Å². The molecular formula is C9H14N2. The molecule has 1 heterocycles. The van der Waals surface area contributed by atoms with Crippen molar-refractivity contribution < 1.29 is 0 Å². The van der Waals surface area contributed by atoms with Gasteiger partial charge in [-0.2, -0.15) is 0 Å². The molecule has 0 unspecified atom stereocenters. The SMILES string of the molecule is C=C1C(=N)C=C(C(C)C)N1C. The highest BCUT2D eigenvalue weighted by Crippen LogP contribution is 2.24. The highest BCUT2D eigenvalue weighted by atomic mass is 15.1. The molecule has 0 bridgehead atoms. The van der Waals surface area contributed by atoms with Gasteiger partial charge in [-0.1, -0.05) is 20.4 Å². The van der Waals surface area contributed by atoms with Gasteiger partial charge >= 0.3 is 0 Å². The van der Waals surface area contributed by atoms with Crippen LogP contribution in [-0.2, 0) is 0 Å². The first kappa shape index (κ1) is 8.05. The lowest BCUT2D eigenvalue weighted by molar-refractivity contribution is 0.486. The van der Waals surface area contributed by atoms with E-state index in [-0.39, 0.29) is 0 Å². The van der Waals surface area contributed by atoms with Crippen LogP contribution in [0.2, 0.25) is 0 Å². The Bertz CT molecular complexity index is 236. The summed E-state index contributed by atoms with van der Waals surface area (Å²) in [7, 11) is 1.95. The number of nitrogens with one attached hydrogen (secondary N) is 1. The molecule has 0 amide bonds. The summed E-state index contributed by atoms with van der Waals surface area (Å²) in [5.74, 6) is 0.472. The summed E-state index contributed by atoms with van der Waals surface area (Å²) >= 11 is 0. The molecule has 0 aromatic heterocycles. The largest absolute Gasteiger partial charge is 0.347 e. The third-order valence-electron chi connectivity index (χ3n) is 1.99. The molecule has 2 nitrogen and oxygen atoms in total. The summed E-state index contributed by atoms with van der Waals surface area (Å²) < 4.78 is 0. The van der Waals surface area contributed by atoms with Crippen molar-refractivity contribution in [1.82, 2.24) is 4.90 Å². The molecule has 1 N–H and O–H groups in total. The maximum atomic E-state index is 7.49. The van der Waals surface area contributed by atoms with Gasteiger partial charge in [-0.25, -0.2) is 0 Å². The zero-order chi connectivity index (χ0) is 8.59. The van der Waals surface area contributed by atoms with E-state index >= 15 is 0 Å². The molecule has 0 aromatic rings. The normalized spacial score (nSPS) is 18.2. The predicted octanol–water partition coefficient (Wildman–Crippen LogP) is 2.01. The Morgan fingerprint density at radius 1 is 1.55 bits per heavy atom. The molecule has 0 saturated heterocycles. The van der Waals surface area contributed by atoms with E-state index in [4.69, 9.17) is 5.41 Å². The van der Waals surface area contributed by atoms with Crippen LogP contribution in [0.25, 0.3) is 0 Å². The van der Waals surface area contributed by atoms with Crippen LogP contribution < -0.4 is 0 Å². The van der Waals surface area contributed by atoms with Gasteiger partial charge in [-0.15, -0.1) is 0 Å². The zero-order valence-corrected chi connectivity index (χ0v) is 7.31. The van der Waals surface area contributed by atoms with Gasteiger partial charge < -0.3 is 4.90 Å². The van der Waals surface area contributed by atoms with Crippen LogP contribution in [0.1, 0.15) is 13.8 Å². The maximum absolute atomic E-state index is 7.49. The monoisotopic (exact) mass is 150 g/mol. The quantitative estimate of drug-likeness (QED) is 0.608. The minimum absolute atomic E-state index is 0.472. The molecule has 0 aliphatic carbocycles. The fourth-order valence-electron chi connectivity index (χ4n) is 1.22. The lowest BCUT2D eigenvalue weighted by Crippen LogP contribution is -2.16. The fourth-order valence-corrected chi connectivity index (χ4v) is 1.22. The number of rotatable bonds is 1. The summed E-state index contributed by atoms with van der Waals surface area (Å²) in [6.45, 7) is 8.04. The van der Waals surface area contributed by atoms with Crippen molar-refractivity contribution in [1.29, 1.82) is 5.41 Å². The molecule has 60 valence electrons. The van der Waals surface area contributed by atoms with E-state index in [1.54, 1.807) is 0 Å². The van der Waals surface area contributed by atoms with Gasteiger partial charge in [0.1, 0.15) is 0 Å². The summed E-state index contributed by atoms with van der Waals surface area (Å²) in [6.07, 6.45) is 1.88. The Kier molecular flexibility index (Phi) is 1.85. The molecule has 0 aromatic carbocycles. The molecule has 0 fully saturated rings. The Hall–Kier alpha value is -1.05. The third-order valence-corrected chi connectivity index (χ3v) is 1.99. The fraction of sp³-hybridized carbons (Fsp3) is 0.444. The van der Waals surface area contributed by atoms with Crippen LogP contribution in [0, 0.1) is 11.3 Å². The number of nitrogens with zero attached hydrogens (tertiary/aromatic N) is 1. The van der Waals surface area contributed by atoms with Gasteiger partial charge in [0, 0.05) is 12.7 Å². The van der Waals surface area contributed by atoms with E-state index < -0.39 is 0 Å². The first-order valence-corrected chi connectivity index (χ1v) is 3.77. The molecular weight excluding hydrogens is 136 g/mol. The van der Waals surface area contributed by atoms with Crippen molar-refractivity contribution in [3.63, 3.8) is 0 Å². The molecule has 1 aliphatic heterocycles. The van der Waals surface area contributed by atoms with Crippen molar-refractivity contribution in [2.45, 2.75) is 13.8 Å². The van der Waals surface area contributed by atoms with Crippen molar-refractivity contribution in [3.05, 3.63) is 24.0 Å². The van der Waals surface area contributed by atoms with Crippen LogP contribution in [0.3, 0.4) is 0 Å². The second-order valence-electron chi connectivity index (χ2n) is 3.14. The second-order valence-corrected chi connectivity index (χ2v) is 3.14. The maximum Gasteiger partial charge on any atom is 0.0788 e. The van der Waals surface area contributed by atoms with Gasteiger partial charge in [0.05, 0.1) is 11.4 Å². The lowest BCUT2D eigenvalue weighted by Gasteiger charge is -2.19. The first-order chi connectivity index (χ1) is 5.04. The number of hydrogen-bond donors (Lipinski definition) is 1. The number of allylic oxidation sites excluding steroid dienone is 2. The van der Waals surface area contributed by atoms with Crippen molar-refractivity contribution >= 4 is 5.71 Å². The standard InChI is InChI=1S/C9H14N2/c1-6(2)9-5-8(10)7(3)11(9)4/h5-6,10H,3H2,1-2,4H3. The van der Waals surface area contributed by atoms with E-state index in [0.29, 0.717) is 11.6 Å². The van der Waals surface area contributed by atoms with E-state index in [2.05, 4.69) is 20.4 Å². The number of hydrogen-bond acceptors (Lipinski definition) is 2. The predicted molar refractivity (Wildman–Crippen MR) is 47.6 cm³/mol. The second kappa shape index (κ2) is 2.53. The van der Waals surface area contributed by atoms with E-state index in [9.17, 15) is 0 Å². The van der Waals surface area contributed by atoms with Crippen LogP contribution in [0.5, 0.6) is 0 Å². The van der Waals surface area contributed by atoms with Crippen molar-refractivity contribution in [2.24, 2.45) is 5.92 Å². The third kappa shape index (κ3) is 1.20. The molecule has 0 spiro atoms. The van der Waals surface area contributed by atoms with E-state index in [0.717, 1.165) is 5.70 Å². The smallest absolute Gasteiger partial charge is 0.0788 e. The minimum Gasteiger partial charge on any atom is -0.347 e. The van der Waals surface area contributed by atoms with Crippen LogP contribution in [-0.4, -0.2) is 17.7 Å². The molecule has 0 atom stereocenters. The average molecular weight is 150 g/mol. The summed E-state index contributed by atoms with van der Waals surface area (Å²) in [6, 6.07) is 0. The van der Waals surface area contributed by atoms with Crippen LogP contribution >= 0.6 is 0 Å². The van der Waals surface area contributed by atoms with Gasteiger partial charge in [-0.05, 0) is 12.0 Å². The first-order valence-electron chi connectivity index (χ1n) is 3.77. The lowest BCUT2D eigenvalue weighted by atomic mass is 10.1. The minimum atomic E-state index is 0.472. The highest BCUT2D eigenvalue weighted by Gasteiger charge is 2.20. The van der Waals surface area contributed by atoms with Crippen LogP contribution in [0.15, 0.2) is 24.0 Å². The Morgan fingerprint density at radius 2 is 2.09 bits per heavy atom. The van der Waals surface area contributed by atoms with Gasteiger partial charge in [0.15, 0.2) is 0 Å². The molecule has 1 aliphatic rings. The van der Waals surface area contributed by atoms with E-state index in [1.165, 1.54) is 5.70 Å². The van der Waals surface area contributed by atoms with Gasteiger partial charge in [0.2, 0.25) is 0 Å². The topological polar surface area (TPSA) is 27.1 Å². The Morgan fingerprint density at radius 3 is 2.27 bits per heavy atom. The van der Waals surface area contributed by atoms with Gasteiger partial charge in [0.25, 0.3) is 0 Å². The van der Waals surface area contributed by atoms with Crippen molar-refractivity contribution in [2.75, 3.05) is 7.05 Å². The molecule has 0 radical (unpaired) electrons. The highest BCUT2D eigenvalue weighted by molar-refractivity contribution is 6.08. The van der Waals surface area contributed by atoms with Crippen LogP contribution in [0.4, 0.5) is 0 Å². The summed E-state index contributed by atoms with van der Waals surface area (Å²) in [4.78, 5) is 1.98.